The molecule has 106 valence electrons. The molecule has 3 rings (SSSR count). The number of nitrogens with one attached hydrogen (secondary N) is 2. The Kier molecular flexibility index (Phi) is 3.55. The minimum Gasteiger partial charge on any atom is -0.364 e. The van der Waals surface area contributed by atoms with Crippen LogP contribution in [-0.2, 0) is 5.75 Å². The van der Waals surface area contributed by atoms with Gasteiger partial charge in [-0.05, 0) is 11.4 Å². The third-order valence-electron chi connectivity index (χ3n) is 3.08. The summed E-state index contributed by atoms with van der Waals surface area (Å²) in [5.41, 5.74) is 0.931. The molecule has 20 heavy (non-hydrogen) atoms. The summed E-state index contributed by atoms with van der Waals surface area (Å²) in [6.45, 7) is 6.13. The molecule has 0 aliphatic carbocycles. The van der Waals surface area contributed by atoms with Crippen molar-refractivity contribution in [2.45, 2.75) is 19.6 Å². The third-order valence-corrected chi connectivity index (χ3v) is 4.95. The lowest BCUT2D eigenvalue weighted by Gasteiger charge is -2.28. The third kappa shape index (κ3) is 2.88. The highest BCUT2D eigenvalue weighted by atomic mass is 32.2. The maximum absolute atomic E-state index is 11.9. The van der Waals surface area contributed by atoms with Gasteiger partial charge in [0.1, 0.15) is 10.5 Å². The van der Waals surface area contributed by atoms with Gasteiger partial charge < -0.3 is 10.3 Å². The number of aromatic amines is 1. The second-order valence-corrected chi connectivity index (χ2v) is 7.46. The van der Waals surface area contributed by atoms with Gasteiger partial charge in [-0.25, -0.2) is 4.98 Å². The normalized spacial score (nSPS) is 17.8. The highest BCUT2D eigenvalue weighted by Gasteiger charge is 2.22. The van der Waals surface area contributed by atoms with Crippen LogP contribution in [-0.4, -0.2) is 28.2 Å². The van der Waals surface area contributed by atoms with Crippen molar-refractivity contribution in [1.82, 2.24) is 15.3 Å². The number of aliphatic imine (C=N–C) groups is 1. The number of amidine groups is 1. The average molecular weight is 308 g/mol. The lowest BCUT2D eigenvalue weighted by molar-refractivity contribution is 0.364. The van der Waals surface area contributed by atoms with E-state index in [-0.39, 0.29) is 11.0 Å². The van der Waals surface area contributed by atoms with Gasteiger partial charge in [0.2, 0.25) is 0 Å². The van der Waals surface area contributed by atoms with Crippen LogP contribution in [0.25, 0.3) is 10.2 Å². The van der Waals surface area contributed by atoms with Crippen LogP contribution < -0.4 is 10.9 Å². The summed E-state index contributed by atoms with van der Waals surface area (Å²) >= 11 is 3.00. The van der Waals surface area contributed by atoms with Gasteiger partial charge in [-0.1, -0.05) is 25.6 Å². The number of thiophene rings is 1. The van der Waals surface area contributed by atoms with E-state index < -0.39 is 0 Å². The second-order valence-electron chi connectivity index (χ2n) is 5.58. The second kappa shape index (κ2) is 5.21. The molecule has 1 aliphatic heterocycles. The Morgan fingerprint density at radius 3 is 3.10 bits per heavy atom. The molecule has 0 radical (unpaired) electrons. The molecular formula is C13H16N4OS2. The van der Waals surface area contributed by atoms with E-state index in [2.05, 4.69) is 34.1 Å². The molecule has 2 aromatic rings. The van der Waals surface area contributed by atoms with Gasteiger partial charge in [0.25, 0.3) is 5.56 Å². The van der Waals surface area contributed by atoms with E-state index in [0.717, 1.165) is 23.8 Å². The molecule has 0 amide bonds. The zero-order chi connectivity index (χ0) is 14.2. The maximum Gasteiger partial charge on any atom is 0.268 e. The Bertz CT molecular complexity index is 716. The summed E-state index contributed by atoms with van der Waals surface area (Å²) < 4.78 is 0.689. The number of H-pyrrole nitrogens is 1. The molecule has 0 unspecified atom stereocenters. The average Bonchev–Trinajstić information content (AvgIpc) is 2.86. The quantitative estimate of drug-likeness (QED) is 0.892. The fraction of sp³-hybridized carbons (Fsp3) is 0.462. The summed E-state index contributed by atoms with van der Waals surface area (Å²) in [4.78, 5) is 23.7. The Balaban J connectivity index is 1.71. The summed E-state index contributed by atoms with van der Waals surface area (Å²) in [5.74, 6) is 1.31. The van der Waals surface area contributed by atoms with Crippen LogP contribution in [0.2, 0.25) is 0 Å². The number of nitrogens with zero attached hydrogens (tertiary/aromatic N) is 2. The largest absolute Gasteiger partial charge is 0.364 e. The van der Waals surface area contributed by atoms with E-state index in [1.165, 1.54) is 11.3 Å². The van der Waals surface area contributed by atoms with Crippen molar-refractivity contribution < 1.29 is 0 Å². The van der Waals surface area contributed by atoms with Crippen LogP contribution in [0.3, 0.4) is 0 Å². The summed E-state index contributed by atoms with van der Waals surface area (Å²) in [5, 5.41) is 6.14. The highest BCUT2D eigenvalue weighted by molar-refractivity contribution is 8.13. The van der Waals surface area contributed by atoms with Crippen molar-refractivity contribution in [3.63, 3.8) is 0 Å². The van der Waals surface area contributed by atoms with E-state index in [4.69, 9.17) is 0 Å². The number of thioether (sulfide) groups is 1. The Hall–Kier alpha value is -1.34. The number of rotatable bonds is 2. The Morgan fingerprint density at radius 2 is 2.35 bits per heavy atom. The van der Waals surface area contributed by atoms with Crippen molar-refractivity contribution in [2.24, 2.45) is 10.4 Å². The molecule has 0 fully saturated rings. The van der Waals surface area contributed by atoms with Gasteiger partial charge in [-0.2, -0.15) is 0 Å². The topological polar surface area (TPSA) is 70.1 Å². The molecule has 2 N–H and O–H groups in total. The zero-order valence-electron chi connectivity index (χ0n) is 11.4. The Morgan fingerprint density at radius 1 is 1.50 bits per heavy atom. The van der Waals surface area contributed by atoms with E-state index >= 15 is 0 Å². The molecule has 0 spiro atoms. The zero-order valence-corrected chi connectivity index (χ0v) is 13.0. The maximum atomic E-state index is 11.9. The van der Waals surface area contributed by atoms with Gasteiger partial charge in [-0.15, -0.1) is 11.3 Å². The number of hydrogen-bond acceptors (Lipinski definition) is 6. The lowest BCUT2D eigenvalue weighted by atomic mass is 9.93. The predicted molar refractivity (Wildman–Crippen MR) is 85.6 cm³/mol. The first kappa shape index (κ1) is 13.6. The van der Waals surface area contributed by atoms with Crippen LogP contribution >= 0.6 is 23.1 Å². The molecule has 3 heterocycles. The molecule has 0 saturated carbocycles. The fourth-order valence-corrected chi connectivity index (χ4v) is 3.40. The summed E-state index contributed by atoms with van der Waals surface area (Å²) in [6.07, 6.45) is 0. The molecular weight excluding hydrogens is 292 g/mol. The summed E-state index contributed by atoms with van der Waals surface area (Å²) in [6, 6.07) is 1.88. The van der Waals surface area contributed by atoms with E-state index in [1.54, 1.807) is 11.8 Å². The van der Waals surface area contributed by atoms with E-state index in [1.807, 2.05) is 11.4 Å². The SMILES string of the molecule is CC1(C)CN=C(SCc2nc3ccsc3c(=O)[nH]2)NC1. The van der Waals surface area contributed by atoms with Gasteiger partial charge in [0, 0.05) is 18.5 Å². The van der Waals surface area contributed by atoms with Crippen molar-refractivity contribution in [2.75, 3.05) is 13.1 Å². The molecule has 2 aromatic heterocycles. The molecule has 0 atom stereocenters. The van der Waals surface area contributed by atoms with Crippen molar-refractivity contribution in [1.29, 1.82) is 0 Å². The van der Waals surface area contributed by atoms with Gasteiger partial charge in [-0.3, -0.25) is 9.79 Å². The van der Waals surface area contributed by atoms with Crippen LogP contribution in [0.4, 0.5) is 0 Å². The fourth-order valence-electron chi connectivity index (χ4n) is 1.94. The Labute approximate surface area is 124 Å². The first-order valence-electron chi connectivity index (χ1n) is 6.41. The van der Waals surface area contributed by atoms with E-state index in [9.17, 15) is 4.79 Å². The van der Waals surface area contributed by atoms with Crippen molar-refractivity contribution >= 4 is 38.5 Å². The van der Waals surface area contributed by atoms with Gasteiger partial charge in [0.05, 0.1) is 11.3 Å². The minimum atomic E-state index is -0.0553. The smallest absolute Gasteiger partial charge is 0.268 e. The van der Waals surface area contributed by atoms with Crippen LogP contribution in [0, 0.1) is 5.41 Å². The van der Waals surface area contributed by atoms with Crippen LogP contribution in [0.1, 0.15) is 19.7 Å². The molecule has 0 bridgehead atoms. The summed E-state index contributed by atoms with van der Waals surface area (Å²) in [7, 11) is 0. The predicted octanol–water partition coefficient (Wildman–Crippen LogP) is 2.20. The standard InChI is InChI=1S/C13H16N4OS2/c1-13(2)6-14-12(15-7-13)20-5-9-16-8-3-4-19-10(8)11(18)17-9/h3-4H,5-7H2,1-2H3,(H,14,15)(H,16,17,18). The lowest BCUT2D eigenvalue weighted by Crippen LogP contribution is -2.39. The molecule has 1 aliphatic rings. The minimum absolute atomic E-state index is 0.0553. The number of hydrogen-bond donors (Lipinski definition) is 2. The number of aromatic nitrogens is 2. The molecule has 0 saturated heterocycles. The number of fused-ring (bicyclic) bond motifs is 1. The van der Waals surface area contributed by atoms with Crippen LogP contribution in [0.5, 0.6) is 0 Å². The first-order valence-corrected chi connectivity index (χ1v) is 8.28. The van der Waals surface area contributed by atoms with Crippen molar-refractivity contribution in [3.05, 3.63) is 27.6 Å². The van der Waals surface area contributed by atoms with Gasteiger partial charge >= 0.3 is 0 Å². The van der Waals surface area contributed by atoms with E-state index in [0.29, 0.717) is 16.3 Å². The van der Waals surface area contributed by atoms with Gasteiger partial charge in [0.15, 0.2) is 5.17 Å². The first-order chi connectivity index (χ1) is 9.53. The molecule has 0 aromatic carbocycles. The highest BCUT2D eigenvalue weighted by Crippen LogP contribution is 2.21. The monoisotopic (exact) mass is 308 g/mol. The van der Waals surface area contributed by atoms with Crippen molar-refractivity contribution in [3.8, 4) is 0 Å². The van der Waals surface area contributed by atoms with Crippen LogP contribution in [0.15, 0.2) is 21.2 Å². The molecule has 7 heteroatoms. The molecule has 5 nitrogen and oxygen atoms in total.